The Labute approximate surface area is 134 Å². The van der Waals surface area contributed by atoms with E-state index in [-0.39, 0.29) is 17.3 Å². The van der Waals surface area contributed by atoms with Crippen LogP contribution in [0.15, 0.2) is 28.8 Å². The molecule has 122 valence electrons. The second-order valence-corrected chi connectivity index (χ2v) is 6.53. The Morgan fingerprint density at radius 3 is 2.91 bits per heavy atom. The van der Waals surface area contributed by atoms with Gasteiger partial charge in [-0.1, -0.05) is 23.7 Å². The lowest BCUT2D eigenvalue weighted by atomic mass is 9.64. The Kier molecular flexibility index (Phi) is 3.66. The normalized spacial score (nSPS) is 24.3. The zero-order valence-corrected chi connectivity index (χ0v) is 13.2. The highest BCUT2D eigenvalue weighted by Crippen LogP contribution is 2.48. The molecule has 6 heteroatoms. The van der Waals surface area contributed by atoms with E-state index < -0.39 is 0 Å². The van der Waals surface area contributed by atoms with Crippen molar-refractivity contribution in [2.45, 2.75) is 30.8 Å². The molecule has 0 radical (unpaired) electrons. The van der Waals surface area contributed by atoms with Crippen molar-refractivity contribution in [1.29, 1.82) is 0 Å². The van der Waals surface area contributed by atoms with E-state index in [1.54, 1.807) is 12.1 Å². The van der Waals surface area contributed by atoms with Crippen LogP contribution >= 0.6 is 0 Å². The Hall–Kier alpha value is -1.79. The van der Waals surface area contributed by atoms with Gasteiger partial charge in [0.05, 0.1) is 12.0 Å². The first-order valence-corrected chi connectivity index (χ1v) is 8.08. The van der Waals surface area contributed by atoms with Gasteiger partial charge in [0.1, 0.15) is 11.9 Å². The molecule has 0 amide bonds. The highest BCUT2D eigenvalue weighted by molar-refractivity contribution is 5.35. The third-order valence-electron chi connectivity index (χ3n) is 4.99. The van der Waals surface area contributed by atoms with Gasteiger partial charge in [0, 0.05) is 13.1 Å². The van der Waals surface area contributed by atoms with Gasteiger partial charge >= 0.3 is 0 Å². The standard InChI is InChI=1S/C17H20FN3O2/c1-21-8-9-22-14(11-21)15-19-16(23-20-15)17(6-3-7-17)12-4-2-5-13(18)10-12/h2,4-5,10,14H,3,6-9,11H2,1H3. The molecule has 1 aromatic carbocycles. The van der Waals surface area contributed by atoms with Crippen LogP contribution < -0.4 is 0 Å². The van der Waals surface area contributed by atoms with Gasteiger partial charge in [-0.3, -0.25) is 0 Å². The highest BCUT2D eigenvalue weighted by atomic mass is 19.1. The van der Waals surface area contributed by atoms with Crippen molar-refractivity contribution in [3.63, 3.8) is 0 Å². The maximum Gasteiger partial charge on any atom is 0.237 e. The van der Waals surface area contributed by atoms with Crippen molar-refractivity contribution in [2.24, 2.45) is 0 Å². The summed E-state index contributed by atoms with van der Waals surface area (Å²) in [5, 5.41) is 4.14. The lowest BCUT2D eigenvalue weighted by Crippen LogP contribution is -2.37. The second-order valence-electron chi connectivity index (χ2n) is 6.53. The van der Waals surface area contributed by atoms with Gasteiger partial charge in [0.15, 0.2) is 0 Å². The molecule has 2 heterocycles. The Morgan fingerprint density at radius 2 is 2.22 bits per heavy atom. The maximum absolute atomic E-state index is 13.6. The third kappa shape index (κ3) is 2.56. The van der Waals surface area contributed by atoms with Crippen molar-refractivity contribution in [3.05, 3.63) is 47.4 Å². The van der Waals surface area contributed by atoms with Crippen LogP contribution in [0.25, 0.3) is 0 Å². The Balaban J connectivity index is 1.64. The van der Waals surface area contributed by atoms with Crippen molar-refractivity contribution < 1.29 is 13.7 Å². The summed E-state index contributed by atoms with van der Waals surface area (Å²) in [6.07, 6.45) is 2.74. The number of benzene rings is 1. The van der Waals surface area contributed by atoms with Crippen LogP contribution in [0.4, 0.5) is 4.39 Å². The number of rotatable bonds is 3. The number of hydrogen-bond donors (Lipinski definition) is 0. The monoisotopic (exact) mass is 317 g/mol. The maximum atomic E-state index is 13.6. The Morgan fingerprint density at radius 1 is 1.35 bits per heavy atom. The Bertz CT molecular complexity index is 699. The molecule has 1 aromatic heterocycles. The molecule has 5 nitrogen and oxygen atoms in total. The molecular weight excluding hydrogens is 297 g/mol. The minimum atomic E-state index is -0.339. The number of likely N-dealkylation sites (N-methyl/N-ethyl adjacent to an activating group) is 1. The molecule has 2 aromatic rings. The van der Waals surface area contributed by atoms with Crippen LogP contribution in [0.3, 0.4) is 0 Å². The predicted octanol–water partition coefficient (Wildman–Crippen LogP) is 2.68. The largest absolute Gasteiger partial charge is 0.367 e. The second kappa shape index (κ2) is 5.69. The summed E-state index contributed by atoms with van der Waals surface area (Å²) >= 11 is 0. The zero-order chi connectivity index (χ0) is 15.9. The van der Waals surface area contributed by atoms with Gasteiger partial charge in [-0.15, -0.1) is 0 Å². The van der Waals surface area contributed by atoms with Crippen molar-refractivity contribution in [3.8, 4) is 0 Å². The van der Waals surface area contributed by atoms with Crippen LogP contribution in [0.5, 0.6) is 0 Å². The summed E-state index contributed by atoms with van der Waals surface area (Å²) in [5.74, 6) is 0.946. The fourth-order valence-electron chi connectivity index (χ4n) is 3.44. The van der Waals surface area contributed by atoms with E-state index in [0.717, 1.165) is 37.9 Å². The molecule has 1 saturated heterocycles. The third-order valence-corrected chi connectivity index (χ3v) is 4.99. The van der Waals surface area contributed by atoms with E-state index in [9.17, 15) is 4.39 Å². The van der Waals surface area contributed by atoms with Crippen LogP contribution in [0.2, 0.25) is 0 Å². The minimum Gasteiger partial charge on any atom is -0.367 e. The summed E-state index contributed by atoms with van der Waals surface area (Å²) in [4.78, 5) is 6.81. The van der Waals surface area contributed by atoms with E-state index in [4.69, 9.17) is 9.26 Å². The number of halogens is 1. The quantitative estimate of drug-likeness (QED) is 0.871. The lowest BCUT2D eigenvalue weighted by Gasteiger charge is -2.38. The topological polar surface area (TPSA) is 51.4 Å². The minimum absolute atomic E-state index is 0.157. The molecule has 1 atom stereocenters. The molecule has 2 aliphatic rings. The summed E-state index contributed by atoms with van der Waals surface area (Å²) < 4.78 is 24.9. The summed E-state index contributed by atoms with van der Waals surface area (Å²) in [5.41, 5.74) is 0.578. The molecule has 1 aliphatic carbocycles. The predicted molar refractivity (Wildman–Crippen MR) is 81.5 cm³/mol. The summed E-state index contributed by atoms with van der Waals surface area (Å²) in [6.45, 7) is 2.33. The molecule has 1 saturated carbocycles. The number of morpholine rings is 1. The van der Waals surface area contributed by atoms with Crippen molar-refractivity contribution in [1.82, 2.24) is 15.0 Å². The molecular formula is C17H20FN3O2. The molecule has 23 heavy (non-hydrogen) atoms. The molecule has 2 fully saturated rings. The van der Waals surface area contributed by atoms with Gasteiger partial charge in [0.2, 0.25) is 11.7 Å². The van der Waals surface area contributed by atoms with Gasteiger partial charge < -0.3 is 14.2 Å². The van der Waals surface area contributed by atoms with E-state index in [0.29, 0.717) is 18.3 Å². The fourth-order valence-corrected chi connectivity index (χ4v) is 3.44. The summed E-state index contributed by atoms with van der Waals surface area (Å²) in [6, 6.07) is 6.72. The lowest BCUT2D eigenvalue weighted by molar-refractivity contribution is -0.0264. The van der Waals surface area contributed by atoms with Crippen LogP contribution in [0, 0.1) is 5.82 Å². The van der Waals surface area contributed by atoms with Gasteiger partial charge in [-0.05, 0) is 37.6 Å². The van der Waals surface area contributed by atoms with E-state index in [1.807, 2.05) is 6.07 Å². The summed E-state index contributed by atoms with van der Waals surface area (Å²) in [7, 11) is 2.05. The van der Waals surface area contributed by atoms with Crippen LogP contribution in [-0.4, -0.2) is 41.8 Å². The first-order chi connectivity index (χ1) is 11.2. The van der Waals surface area contributed by atoms with E-state index in [1.165, 1.54) is 6.07 Å². The van der Waals surface area contributed by atoms with Crippen molar-refractivity contribution in [2.75, 3.05) is 26.7 Å². The van der Waals surface area contributed by atoms with Crippen LogP contribution in [-0.2, 0) is 10.2 Å². The molecule has 4 rings (SSSR count). The van der Waals surface area contributed by atoms with Crippen molar-refractivity contribution >= 4 is 0 Å². The van der Waals surface area contributed by atoms with Crippen LogP contribution in [0.1, 0.15) is 42.6 Å². The molecule has 0 spiro atoms. The zero-order valence-electron chi connectivity index (χ0n) is 13.2. The van der Waals surface area contributed by atoms with Gasteiger partial charge in [0.25, 0.3) is 0 Å². The number of nitrogens with zero attached hydrogens (tertiary/aromatic N) is 3. The first-order valence-electron chi connectivity index (χ1n) is 8.08. The van der Waals surface area contributed by atoms with Gasteiger partial charge in [-0.2, -0.15) is 4.98 Å². The average molecular weight is 317 g/mol. The van der Waals surface area contributed by atoms with E-state index >= 15 is 0 Å². The number of aromatic nitrogens is 2. The molecule has 1 unspecified atom stereocenters. The fraction of sp³-hybridized carbons (Fsp3) is 0.529. The van der Waals surface area contributed by atoms with Gasteiger partial charge in [-0.25, -0.2) is 4.39 Å². The first kappa shape index (κ1) is 14.8. The molecule has 0 N–H and O–H groups in total. The number of ether oxygens (including phenoxy) is 1. The molecule has 0 bridgehead atoms. The molecule has 1 aliphatic heterocycles. The SMILES string of the molecule is CN1CCOC(c2noc(C3(c4cccc(F)c4)CCC3)n2)C1. The van der Waals surface area contributed by atoms with E-state index in [2.05, 4.69) is 22.1 Å². The highest BCUT2D eigenvalue weighted by Gasteiger charge is 2.46. The average Bonchev–Trinajstić information content (AvgIpc) is 2.96. The number of hydrogen-bond acceptors (Lipinski definition) is 5. The smallest absolute Gasteiger partial charge is 0.237 e.